The van der Waals surface area contributed by atoms with Crippen molar-refractivity contribution in [3.8, 4) is 22.5 Å². The van der Waals surface area contributed by atoms with Gasteiger partial charge >= 0.3 is 5.97 Å². The van der Waals surface area contributed by atoms with Gasteiger partial charge in [0.25, 0.3) is 0 Å². The number of rotatable bonds is 10. The molecular formula is C29H28N6O2S. The van der Waals surface area contributed by atoms with Crippen molar-refractivity contribution in [1.82, 2.24) is 25.2 Å². The lowest BCUT2D eigenvalue weighted by Crippen LogP contribution is -2.08. The first-order valence-electron chi connectivity index (χ1n) is 12.6. The number of hydrogen-bond donors (Lipinski definition) is 1. The summed E-state index contributed by atoms with van der Waals surface area (Å²) >= 11 is 1.48. The van der Waals surface area contributed by atoms with Crippen molar-refractivity contribution in [2.24, 2.45) is 0 Å². The predicted octanol–water partition coefficient (Wildman–Crippen LogP) is 5.86. The van der Waals surface area contributed by atoms with Gasteiger partial charge in [0.2, 0.25) is 0 Å². The quantitative estimate of drug-likeness (QED) is 0.229. The molecule has 0 fully saturated rings. The molecule has 0 aliphatic heterocycles. The third-order valence-electron chi connectivity index (χ3n) is 6.05. The summed E-state index contributed by atoms with van der Waals surface area (Å²) in [5, 5.41) is 16.8. The fourth-order valence-corrected chi connectivity index (χ4v) is 5.10. The van der Waals surface area contributed by atoms with Crippen molar-refractivity contribution in [3.05, 3.63) is 101 Å². The van der Waals surface area contributed by atoms with Gasteiger partial charge < -0.3 is 10.1 Å². The Labute approximate surface area is 225 Å². The Morgan fingerprint density at radius 3 is 2.45 bits per heavy atom. The minimum atomic E-state index is -0.381. The van der Waals surface area contributed by atoms with Gasteiger partial charge in [-0.25, -0.2) is 14.5 Å². The molecule has 0 atom stereocenters. The van der Waals surface area contributed by atoms with Crippen LogP contribution in [-0.2, 0) is 24.2 Å². The number of esters is 1. The second-order valence-electron chi connectivity index (χ2n) is 8.61. The monoisotopic (exact) mass is 524 g/mol. The average molecular weight is 525 g/mol. The van der Waals surface area contributed by atoms with Gasteiger partial charge in [-0.05, 0) is 52.1 Å². The zero-order chi connectivity index (χ0) is 26.3. The number of hydrogen-bond acceptors (Lipinski definition) is 8. The number of tetrazole rings is 1. The van der Waals surface area contributed by atoms with E-state index in [9.17, 15) is 4.79 Å². The Morgan fingerprint density at radius 2 is 1.71 bits per heavy atom. The number of aryl methyl sites for hydroxylation is 1. The number of benzene rings is 3. The van der Waals surface area contributed by atoms with Crippen molar-refractivity contribution in [3.63, 3.8) is 0 Å². The summed E-state index contributed by atoms with van der Waals surface area (Å²) in [6, 6.07) is 26.7. The van der Waals surface area contributed by atoms with E-state index in [1.807, 2.05) is 48.0 Å². The van der Waals surface area contributed by atoms with E-state index in [0.717, 1.165) is 32.7 Å². The molecule has 2 heterocycles. The summed E-state index contributed by atoms with van der Waals surface area (Å²) in [5.41, 5.74) is 5.63. The van der Waals surface area contributed by atoms with E-state index in [1.54, 1.807) is 6.92 Å². The van der Waals surface area contributed by atoms with Gasteiger partial charge in [0.05, 0.1) is 13.2 Å². The lowest BCUT2D eigenvalue weighted by Gasteiger charge is -2.13. The molecule has 9 heteroatoms. The van der Waals surface area contributed by atoms with Gasteiger partial charge in [-0.15, -0.1) is 16.4 Å². The van der Waals surface area contributed by atoms with Gasteiger partial charge in [0, 0.05) is 17.0 Å². The maximum atomic E-state index is 12.3. The first kappa shape index (κ1) is 25.3. The summed E-state index contributed by atoms with van der Waals surface area (Å²) in [6.07, 6.45) is 0.716. The average Bonchev–Trinajstić information content (AvgIpc) is 3.60. The van der Waals surface area contributed by atoms with Crippen LogP contribution >= 0.6 is 11.3 Å². The van der Waals surface area contributed by atoms with Crippen LogP contribution in [0, 0.1) is 0 Å². The number of nitrogens with zero attached hydrogens (tertiary/aromatic N) is 5. The molecule has 0 spiro atoms. The van der Waals surface area contributed by atoms with E-state index in [-0.39, 0.29) is 5.97 Å². The van der Waals surface area contributed by atoms with Crippen molar-refractivity contribution in [2.45, 2.75) is 33.4 Å². The molecule has 0 aliphatic carbocycles. The minimum Gasteiger partial charge on any atom is -0.461 e. The first-order chi connectivity index (χ1) is 18.7. The molecule has 0 amide bonds. The molecule has 0 saturated heterocycles. The van der Waals surface area contributed by atoms with Crippen molar-refractivity contribution >= 4 is 22.4 Å². The normalized spacial score (nSPS) is 10.9. The Morgan fingerprint density at radius 1 is 0.947 bits per heavy atom. The molecule has 0 bridgehead atoms. The molecule has 0 saturated carbocycles. The molecular weight excluding hydrogens is 496 g/mol. The fraction of sp³-hybridized carbons (Fsp3) is 0.207. The summed E-state index contributed by atoms with van der Waals surface area (Å²) in [7, 11) is 0. The van der Waals surface area contributed by atoms with Crippen LogP contribution in [0.4, 0.5) is 5.13 Å². The van der Waals surface area contributed by atoms with Crippen LogP contribution in [0.3, 0.4) is 0 Å². The second kappa shape index (κ2) is 11.8. The summed E-state index contributed by atoms with van der Waals surface area (Å²) in [6.45, 7) is 5.22. The van der Waals surface area contributed by atoms with Crippen LogP contribution in [0.1, 0.15) is 40.3 Å². The van der Waals surface area contributed by atoms with Crippen LogP contribution in [0.5, 0.6) is 0 Å². The van der Waals surface area contributed by atoms with Crippen molar-refractivity contribution in [1.29, 1.82) is 0 Å². The molecule has 5 aromatic rings. The van der Waals surface area contributed by atoms with Gasteiger partial charge in [-0.3, -0.25) is 0 Å². The number of thiazole rings is 1. The van der Waals surface area contributed by atoms with Crippen LogP contribution in [-0.4, -0.2) is 37.8 Å². The van der Waals surface area contributed by atoms with Crippen LogP contribution in [0.25, 0.3) is 22.5 Å². The van der Waals surface area contributed by atoms with E-state index < -0.39 is 0 Å². The van der Waals surface area contributed by atoms with Crippen LogP contribution in [0.2, 0.25) is 0 Å². The molecule has 1 N–H and O–H groups in total. The lowest BCUT2D eigenvalue weighted by atomic mass is 9.97. The molecule has 0 aliphatic rings. The maximum absolute atomic E-state index is 12.3. The third-order valence-corrected chi connectivity index (χ3v) is 7.21. The van der Waals surface area contributed by atoms with E-state index in [1.165, 1.54) is 11.3 Å². The number of nitrogens with one attached hydrogen (secondary N) is 1. The zero-order valence-corrected chi connectivity index (χ0v) is 22.1. The highest BCUT2D eigenvalue weighted by Gasteiger charge is 2.19. The number of ether oxygens (including phenoxy) is 1. The molecule has 5 rings (SSSR count). The van der Waals surface area contributed by atoms with Gasteiger partial charge in [-0.1, -0.05) is 79.7 Å². The van der Waals surface area contributed by atoms with Crippen molar-refractivity contribution in [2.75, 3.05) is 11.9 Å². The molecule has 2 aromatic heterocycles. The minimum absolute atomic E-state index is 0.322. The molecule has 0 unspecified atom stereocenters. The standard InChI is InChI=1S/C29H28N6O2S/c1-3-25-26(28(36)37-4-2)31-29(38-25)30-18-21-15-16-23(22-13-9-6-10-14-22)24(17-21)27-32-33-34-35(27)19-20-11-7-5-8-12-20/h5-17H,3-4,18-19H2,1-2H3,(H,30,31). The summed E-state index contributed by atoms with van der Waals surface area (Å²) < 4.78 is 7.00. The van der Waals surface area contributed by atoms with Gasteiger partial charge in [0.1, 0.15) is 0 Å². The van der Waals surface area contributed by atoms with E-state index in [2.05, 4.69) is 68.3 Å². The van der Waals surface area contributed by atoms with E-state index >= 15 is 0 Å². The zero-order valence-electron chi connectivity index (χ0n) is 21.3. The van der Waals surface area contributed by atoms with Gasteiger partial charge in [-0.2, -0.15) is 0 Å². The highest BCUT2D eigenvalue weighted by molar-refractivity contribution is 7.15. The topological polar surface area (TPSA) is 94.8 Å². The first-order valence-corrected chi connectivity index (χ1v) is 13.4. The smallest absolute Gasteiger partial charge is 0.358 e. The molecule has 8 nitrogen and oxygen atoms in total. The Kier molecular flexibility index (Phi) is 7.84. The Bertz CT molecular complexity index is 1510. The van der Waals surface area contributed by atoms with Crippen molar-refractivity contribution < 1.29 is 9.53 Å². The SMILES string of the molecule is CCOC(=O)c1nc(NCc2ccc(-c3ccccc3)c(-c3nnnn3Cc3ccccc3)c2)sc1CC. The Hall–Kier alpha value is -4.37. The second-order valence-corrected chi connectivity index (χ2v) is 9.69. The lowest BCUT2D eigenvalue weighted by molar-refractivity contribution is 0.0519. The highest BCUT2D eigenvalue weighted by Crippen LogP contribution is 2.32. The number of aromatic nitrogens is 5. The van der Waals surface area contributed by atoms with E-state index in [0.29, 0.717) is 42.8 Å². The predicted molar refractivity (Wildman–Crippen MR) is 149 cm³/mol. The molecule has 38 heavy (non-hydrogen) atoms. The highest BCUT2D eigenvalue weighted by atomic mass is 32.1. The largest absolute Gasteiger partial charge is 0.461 e. The Balaban J connectivity index is 1.46. The molecule has 0 radical (unpaired) electrons. The maximum Gasteiger partial charge on any atom is 0.358 e. The molecule has 3 aromatic carbocycles. The van der Waals surface area contributed by atoms with E-state index in [4.69, 9.17) is 4.74 Å². The third kappa shape index (κ3) is 5.63. The number of carbonyl (C=O) groups excluding carboxylic acids is 1. The van der Waals surface area contributed by atoms with Crippen LogP contribution in [0.15, 0.2) is 78.9 Å². The summed E-state index contributed by atoms with van der Waals surface area (Å²) in [4.78, 5) is 17.7. The number of anilines is 1. The molecule has 192 valence electrons. The fourth-order valence-electron chi connectivity index (χ4n) is 4.22. The summed E-state index contributed by atoms with van der Waals surface area (Å²) in [5.74, 6) is 0.315. The number of carbonyl (C=O) groups is 1. The van der Waals surface area contributed by atoms with Gasteiger partial charge in [0.15, 0.2) is 16.6 Å². The van der Waals surface area contributed by atoms with Crippen LogP contribution < -0.4 is 5.32 Å².